The van der Waals surface area contributed by atoms with Crippen LogP contribution in [0.3, 0.4) is 0 Å². The number of amides is 1. The fourth-order valence-electron chi connectivity index (χ4n) is 3.81. The minimum Gasteiger partial charge on any atom is -0.506 e. The molecular formula is C24H24N4O5S. The first-order valence-corrected chi connectivity index (χ1v) is 11.5. The Morgan fingerprint density at radius 3 is 2.59 bits per heavy atom. The van der Waals surface area contributed by atoms with Gasteiger partial charge in [0.05, 0.1) is 21.8 Å². The molecule has 1 aliphatic heterocycles. The maximum atomic E-state index is 13.6. The fraction of sp³-hybridized carbons (Fsp3) is 0.292. The van der Waals surface area contributed by atoms with Crippen molar-refractivity contribution < 1.29 is 9.90 Å². The second-order valence-electron chi connectivity index (χ2n) is 8.69. The third kappa shape index (κ3) is 3.90. The molecule has 0 unspecified atom stereocenters. The van der Waals surface area contributed by atoms with Crippen LogP contribution in [-0.2, 0) is 6.54 Å². The molecule has 2 N–H and O–H groups in total. The summed E-state index contributed by atoms with van der Waals surface area (Å²) >= 11 is 0.773. The van der Waals surface area contributed by atoms with Gasteiger partial charge in [0.2, 0.25) is 10.9 Å². The summed E-state index contributed by atoms with van der Waals surface area (Å²) in [6.45, 7) is 4.46. The molecule has 2 aromatic rings. The molecule has 10 heteroatoms. The van der Waals surface area contributed by atoms with E-state index in [1.54, 1.807) is 36.9 Å². The van der Waals surface area contributed by atoms with Crippen LogP contribution in [0.15, 0.2) is 44.7 Å². The highest BCUT2D eigenvalue weighted by atomic mass is 32.1. The second kappa shape index (κ2) is 8.86. The number of benzene rings is 1. The summed E-state index contributed by atoms with van der Waals surface area (Å²) in [6, 6.07) is 7.57. The molecule has 4 rings (SSSR count). The first-order chi connectivity index (χ1) is 16.1. The fourth-order valence-corrected chi connectivity index (χ4v) is 4.53. The standard InChI is InChI=1S/C24H24N4O5S/c1-12(2)10-11-28-15-7-5-6-13(23(32)27(3)4)17(15)20(31)18(24(28)33)22-25-14-8-9-16(29)19(30)21(14)34-26-22/h5-9,12,31H,10-11H2,1-4H3,(H,25,26). The lowest BCUT2D eigenvalue weighted by molar-refractivity contribution is 0.0829. The molecule has 34 heavy (non-hydrogen) atoms. The molecule has 0 atom stereocenters. The lowest BCUT2D eigenvalue weighted by atomic mass is 10.0. The maximum Gasteiger partial charge on any atom is 0.265 e. The number of fused-ring (bicyclic) bond motifs is 1. The summed E-state index contributed by atoms with van der Waals surface area (Å²) in [5, 5.41) is 11.9. The molecule has 0 bridgehead atoms. The Morgan fingerprint density at radius 1 is 1.18 bits per heavy atom. The Kier molecular flexibility index (Phi) is 6.09. The summed E-state index contributed by atoms with van der Waals surface area (Å²) in [5.41, 5.74) is -1.22. The van der Waals surface area contributed by atoms with E-state index in [1.165, 1.54) is 11.0 Å². The highest BCUT2D eigenvalue weighted by molar-refractivity contribution is 7.03. The number of aromatic hydroxyl groups is 1. The van der Waals surface area contributed by atoms with E-state index in [9.17, 15) is 24.3 Å². The van der Waals surface area contributed by atoms with E-state index in [2.05, 4.69) is 9.36 Å². The van der Waals surface area contributed by atoms with Crippen molar-refractivity contribution in [3.05, 3.63) is 76.6 Å². The van der Waals surface area contributed by atoms with E-state index >= 15 is 0 Å². The number of carbonyl (C=O) groups is 1. The number of aromatic amines is 1. The number of nitrogens with one attached hydrogen (secondary N) is 1. The van der Waals surface area contributed by atoms with E-state index in [4.69, 9.17) is 0 Å². The van der Waals surface area contributed by atoms with Crippen LogP contribution in [0.25, 0.3) is 22.3 Å². The number of carbonyl (C=O) groups excluding carboxylic acids is 1. The zero-order valence-electron chi connectivity index (χ0n) is 19.2. The van der Waals surface area contributed by atoms with E-state index in [0.717, 1.165) is 17.6 Å². The summed E-state index contributed by atoms with van der Waals surface area (Å²) in [7, 11) is 3.22. The van der Waals surface area contributed by atoms with Gasteiger partial charge < -0.3 is 19.6 Å². The van der Waals surface area contributed by atoms with Crippen LogP contribution in [0.1, 0.15) is 30.6 Å². The molecule has 1 aromatic carbocycles. The molecule has 0 radical (unpaired) electrons. The summed E-state index contributed by atoms with van der Waals surface area (Å²) in [4.78, 5) is 54.7. The lowest BCUT2D eigenvalue weighted by Crippen LogP contribution is -2.26. The van der Waals surface area contributed by atoms with Gasteiger partial charge in [0, 0.05) is 20.6 Å². The number of rotatable bonds is 5. The van der Waals surface area contributed by atoms with E-state index in [0.29, 0.717) is 29.7 Å². The molecule has 0 saturated heterocycles. The SMILES string of the molecule is CC(C)CCn1c(=O)c(-c2nsc3c(=O)c(=O)ccc=3[nH]2)c(O)c2c(C(=O)N(C)C)cccc21. The molecule has 0 saturated carbocycles. The van der Waals surface area contributed by atoms with Gasteiger partial charge in [-0.1, -0.05) is 19.9 Å². The Balaban J connectivity index is 2.12. The van der Waals surface area contributed by atoms with Gasteiger partial charge in [-0.15, -0.1) is 0 Å². The Morgan fingerprint density at radius 2 is 1.91 bits per heavy atom. The largest absolute Gasteiger partial charge is 0.506 e. The summed E-state index contributed by atoms with van der Waals surface area (Å²) < 4.78 is 5.90. The van der Waals surface area contributed by atoms with Crippen LogP contribution in [0.2, 0.25) is 0 Å². The van der Waals surface area contributed by atoms with Crippen molar-refractivity contribution in [2.75, 3.05) is 14.1 Å². The zero-order valence-corrected chi connectivity index (χ0v) is 20.0. The van der Waals surface area contributed by atoms with Crippen molar-refractivity contribution in [3.63, 3.8) is 0 Å². The number of hydrogen-bond acceptors (Lipinski definition) is 7. The molecule has 1 aromatic heterocycles. The third-order valence-corrected chi connectivity index (χ3v) is 6.49. The highest BCUT2D eigenvalue weighted by Gasteiger charge is 2.24. The highest BCUT2D eigenvalue weighted by Crippen LogP contribution is 2.34. The number of H-pyrrole nitrogens is 1. The van der Waals surface area contributed by atoms with Gasteiger partial charge in [-0.3, -0.25) is 19.2 Å². The van der Waals surface area contributed by atoms with Crippen LogP contribution in [0.4, 0.5) is 0 Å². The molecule has 1 aliphatic carbocycles. The molecule has 176 valence electrons. The number of nitrogens with zero attached hydrogens (tertiary/aromatic N) is 3. The molecule has 0 spiro atoms. The Labute approximate surface area is 197 Å². The number of aryl methyl sites for hydroxylation is 1. The van der Waals surface area contributed by atoms with Gasteiger partial charge in [-0.05, 0) is 48.1 Å². The molecule has 1 amide bonds. The smallest absolute Gasteiger partial charge is 0.265 e. The first-order valence-electron chi connectivity index (χ1n) is 10.7. The predicted octanol–water partition coefficient (Wildman–Crippen LogP) is 2.35. The van der Waals surface area contributed by atoms with Gasteiger partial charge in [-0.2, -0.15) is 4.37 Å². The van der Waals surface area contributed by atoms with E-state index in [-0.39, 0.29) is 38.5 Å². The van der Waals surface area contributed by atoms with Crippen LogP contribution >= 0.6 is 11.5 Å². The third-order valence-electron chi connectivity index (χ3n) is 5.63. The maximum absolute atomic E-state index is 13.6. The van der Waals surface area contributed by atoms with Gasteiger partial charge in [0.25, 0.3) is 11.5 Å². The Bertz CT molecular complexity index is 1670. The average Bonchev–Trinajstić information content (AvgIpc) is 2.80. The van der Waals surface area contributed by atoms with Crippen LogP contribution in [-0.4, -0.2) is 43.9 Å². The number of pyridine rings is 1. The van der Waals surface area contributed by atoms with Crippen molar-refractivity contribution >= 4 is 28.3 Å². The van der Waals surface area contributed by atoms with Crippen molar-refractivity contribution in [2.45, 2.75) is 26.8 Å². The molecule has 2 aliphatic rings. The van der Waals surface area contributed by atoms with Crippen LogP contribution in [0, 0.1) is 15.8 Å². The van der Waals surface area contributed by atoms with Crippen molar-refractivity contribution in [1.29, 1.82) is 0 Å². The predicted molar refractivity (Wildman–Crippen MR) is 131 cm³/mol. The lowest BCUT2D eigenvalue weighted by Gasteiger charge is -2.19. The second-order valence-corrected chi connectivity index (χ2v) is 9.46. The number of aromatic nitrogens is 3. The Hall–Kier alpha value is -3.79. The van der Waals surface area contributed by atoms with Crippen molar-refractivity contribution in [1.82, 2.24) is 18.8 Å². The summed E-state index contributed by atoms with van der Waals surface area (Å²) in [5.74, 6) is -0.330. The van der Waals surface area contributed by atoms with Gasteiger partial charge in [0.1, 0.15) is 15.8 Å². The van der Waals surface area contributed by atoms with Crippen molar-refractivity contribution in [2.24, 2.45) is 5.92 Å². The van der Waals surface area contributed by atoms with Crippen LogP contribution in [0.5, 0.6) is 5.75 Å². The average molecular weight is 481 g/mol. The number of hydrogen-bond donors (Lipinski definition) is 2. The monoisotopic (exact) mass is 480 g/mol. The van der Waals surface area contributed by atoms with E-state index in [1.807, 2.05) is 13.8 Å². The molecule has 0 fully saturated rings. The van der Waals surface area contributed by atoms with Gasteiger partial charge >= 0.3 is 0 Å². The molecule has 9 nitrogen and oxygen atoms in total. The van der Waals surface area contributed by atoms with E-state index < -0.39 is 16.4 Å². The zero-order chi connectivity index (χ0) is 24.7. The summed E-state index contributed by atoms with van der Waals surface area (Å²) in [6.07, 6.45) is 0.703. The van der Waals surface area contributed by atoms with Gasteiger partial charge in [-0.25, -0.2) is 0 Å². The minimum absolute atomic E-state index is 0.0466. The minimum atomic E-state index is -0.686. The topological polar surface area (TPSA) is 125 Å². The van der Waals surface area contributed by atoms with Crippen molar-refractivity contribution in [3.8, 4) is 17.1 Å². The van der Waals surface area contributed by atoms with Gasteiger partial charge in [0.15, 0.2) is 5.82 Å². The molecule has 2 heterocycles. The van der Waals surface area contributed by atoms with Crippen LogP contribution < -0.4 is 16.4 Å². The quantitative estimate of drug-likeness (QED) is 0.423. The normalized spacial score (nSPS) is 11.4. The first kappa shape index (κ1) is 23.4. The molecular weight excluding hydrogens is 456 g/mol.